The highest BCUT2D eigenvalue weighted by atomic mass is 16.6. The second-order valence-corrected chi connectivity index (χ2v) is 7.52. The smallest absolute Gasteiger partial charge is 0.412 e. The molecule has 3 N–H and O–H groups in total. The molecule has 0 bridgehead atoms. The van der Waals surface area contributed by atoms with Gasteiger partial charge in [0.05, 0.1) is 11.4 Å². The number of nitrogens with two attached hydrogens (primary N) is 1. The molecule has 1 fully saturated rings. The molecule has 0 aromatic heterocycles. The van der Waals surface area contributed by atoms with E-state index in [2.05, 4.69) is 29.0 Å². The number of carbonyl (C=O) groups is 1. The summed E-state index contributed by atoms with van der Waals surface area (Å²) >= 11 is 0. The normalized spacial score (nSPS) is 16.3. The maximum atomic E-state index is 12.0. The van der Waals surface area contributed by atoms with Gasteiger partial charge in [0.1, 0.15) is 5.60 Å². The fourth-order valence-electron chi connectivity index (χ4n) is 2.76. The van der Waals surface area contributed by atoms with Crippen LogP contribution in [-0.2, 0) is 4.74 Å². The zero-order valence-corrected chi connectivity index (χ0v) is 15.4. The van der Waals surface area contributed by atoms with Crippen molar-refractivity contribution in [1.82, 2.24) is 4.90 Å². The summed E-state index contributed by atoms with van der Waals surface area (Å²) in [5.74, 6) is 0. The number of nitrogens with one attached hydrogen (secondary N) is 1. The molecule has 0 atom stereocenters. The van der Waals surface area contributed by atoms with Gasteiger partial charge >= 0.3 is 6.09 Å². The number of nitrogen functional groups attached to an aromatic ring is 1. The summed E-state index contributed by atoms with van der Waals surface area (Å²) in [5, 5.41) is 2.75. The van der Waals surface area contributed by atoms with E-state index in [4.69, 9.17) is 10.5 Å². The summed E-state index contributed by atoms with van der Waals surface area (Å²) in [5.41, 5.74) is 7.65. The Morgan fingerprint density at radius 1 is 1.21 bits per heavy atom. The lowest BCUT2D eigenvalue weighted by atomic mass is 10.2. The lowest BCUT2D eigenvalue weighted by Gasteiger charge is -2.38. The third-order valence-electron chi connectivity index (χ3n) is 4.08. The van der Waals surface area contributed by atoms with Crippen LogP contribution in [0.1, 0.15) is 34.6 Å². The van der Waals surface area contributed by atoms with Crippen LogP contribution in [0.25, 0.3) is 0 Å². The molecule has 1 aliphatic heterocycles. The summed E-state index contributed by atoms with van der Waals surface area (Å²) in [6, 6.07) is 6.32. The molecular formula is C18H30N4O2. The predicted molar refractivity (Wildman–Crippen MR) is 99.6 cm³/mol. The first-order valence-corrected chi connectivity index (χ1v) is 8.54. The number of rotatable bonds is 3. The fraction of sp³-hybridized carbons (Fsp3) is 0.611. The first-order valence-electron chi connectivity index (χ1n) is 8.54. The molecule has 1 aliphatic rings. The third kappa shape index (κ3) is 5.03. The number of piperazine rings is 1. The highest BCUT2D eigenvalue weighted by Crippen LogP contribution is 2.27. The Labute approximate surface area is 144 Å². The van der Waals surface area contributed by atoms with Gasteiger partial charge in [-0.05, 0) is 52.8 Å². The molecule has 134 valence electrons. The molecule has 2 rings (SSSR count). The predicted octanol–water partition coefficient (Wildman–Crippen LogP) is 3.15. The summed E-state index contributed by atoms with van der Waals surface area (Å²) in [4.78, 5) is 16.8. The van der Waals surface area contributed by atoms with E-state index in [0.29, 0.717) is 17.4 Å². The largest absolute Gasteiger partial charge is 0.444 e. The van der Waals surface area contributed by atoms with Gasteiger partial charge in [-0.1, -0.05) is 0 Å². The summed E-state index contributed by atoms with van der Waals surface area (Å²) in [6.45, 7) is 14.0. The van der Waals surface area contributed by atoms with Crippen molar-refractivity contribution in [1.29, 1.82) is 0 Å². The minimum atomic E-state index is -0.538. The minimum Gasteiger partial charge on any atom is -0.444 e. The Hall–Kier alpha value is -1.95. The second-order valence-electron chi connectivity index (χ2n) is 7.52. The fourth-order valence-corrected chi connectivity index (χ4v) is 2.76. The van der Waals surface area contributed by atoms with Gasteiger partial charge < -0.3 is 15.4 Å². The number of amides is 1. The number of carbonyl (C=O) groups excluding carboxylic acids is 1. The van der Waals surface area contributed by atoms with E-state index in [1.54, 1.807) is 0 Å². The van der Waals surface area contributed by atoms with Crippen LogP contribution in [0.2, 0.25) is 0 Å². The first-order chi connectivity index (χ1) is 11.2. The first kappa shape index (κ1) is 18.4. The molecule has 0 aliphatic carbocycles. The van der Waals surface area contributed by atoms with Crippen LogP contribution in [0.3, 0.4) is 0 Å². The van der Waals surface area contributed by atoms with Gasteiger partial charge in [0.15, 0.2) is 0 Å². The SMILES string of the molecule is CC(C)N1CCN(c2ccc(N)c(NC(=O)OC(C)(C)C)c2)CC1. The van der Waals surface area contributed by atoms with Crippen molar-refractivity contribution in [2.75, 3.05) is 42.1 Å². The van der Waals surface area contributed by atoms with Gasteiger partial charge in [-0.15, -0.1) is 0 Å². The van der Waals surface area contributed by atoms with Crippen LogP contribution in [0.15, 0.2) is 18.2 Å². The van der Waals surface area contributed by atoms with Gasteiger partial charge in [0, 0.05) is 37.9 Å². The van der Waals surface area contributed by atoms with Gasteiger partial charge in [0.2, 0.25) is 0 Å². The Morgan fingerprint density at radius 2 is 1.83 bits per heavy atom. The molecule has 1 aromatic rings. The van der Waals surface area contributed by atoms with Crippen LogP contribution in [0, 0.1) is 0 Å². The van der Waals surface area contributed by atoms with Crippen molar-refractivity contribution in [3.63, 3.8) is 0 Å². The Morgan fingerprint density at radius 3 is 2.38 bits per heavy atom. The lowest BCUT2D eigenvalue weighted by molar-refractivity contribution is 0.0636. The van der Waals surface area contributed by atoms with Crippen molar-refractivity contribution in [2.45, 2.75) is 46.3 Å². The van der Waals surface area contributed by atoms with E-state index in [9.17, 15) is 4.79 Å². The average Bonchev–Trinajstić information content (AvgIpc) is 2.47. The molecule has 0 radical (unpaired) electrons. The number of hydrogen-bond acceptors (Lipinski definition) is 5. The average molecular weight is 334 g/mol. The molecule has 24 heavy (non-hydrogen) atoms. The third-order valence-corrected chi connectivity index (χ3v) is 4.08. The van der Waals surface area contributed by atoms with Crippen molar-refractivity contribution in [2.24, 2.45) is 0 Å². The summed E-state index contributed by atoms with van der Waals surface area (Å²) in [7, 11) is 0. The number of benzene rings is 1. The highest BCUT2D eigenvalue weighted by Gasteiger charge is 2.21. The molecule has 1 amide bonds. The van der Waals surface area contributed by atoms with E-state index >= 15 is 0 Å². The molecule has 1 saturated heterocycles. The van der Waals surface area contributed by atoms with Crippen molar-refractivity contribution in [3.05, 3.63) is 18.2 Å². The number of hydrogen-bond donors (Lipinski definition) is 2. The van der Waals surface area contributed by atoms with Crippen LogP contribution < -0.4 is 16.0 Å². The Balaban J connectivity index is 2.05. The van der Waals surface area contributed by atoms with Gasteiger partial charge in [0.25, 0.3) is 0 Å². The topological polar surface area (TPSA) is 70.8 Å². The number of nitrogens with zero attached hydrogens (tertiary/aromatic N) is 2. The Kier molecular flexibility index (Phi) is 5.59. The van der Waals surface area contributed by atoms with E-state index in [1.165, 1.54) is 0 Å². The monoisotopic (exact) mass is 334 g/mol. The minimum absolute atomic E-state index is 0.490. The van der Waals surface area contributed by atoms with Crippen molar-refractivity contribution < 1.29 is 9.53 Å². The number of anilines is 3. The van der Waals surface area contributed by atoms with Crippen LogP contribution in [0.5, 0.6) is 0 Å². The van der Waals surface area contributed by atoms with Crippen LogP contribution in [0.4, 0.5) is 21.9 Å². The molecule has 0 spiro atoms. The standard InChI is InChI=1S/C18H30N4O2/c1-13(2)21-8-10-22(11-9-21)14-6-7-15(19)16(12-14)20-17(23)24-18(3,4)5/h6-7,12-13H,8-11,19H2,1-5H3,(H,20,23). The van der Waals surface area contributed by atoms with Gasteiger partial charge in [-0.25, -0.2) is 4.79 Å². The molecule has 0 unspecified atom stereocenters. The summed E-state index contributed by atoms with van der Waals surface area (Å²) < 4.78 is 5.30. The second kappa shape index (κ2) is 7.30. The maximum absolute atomic E-state index is 12.0. The van der Waals surface area contributed by atoms with E-state index in [1.807, 2.05) is 39.0 Å². The molecule has 1 heterocycles. The van der Waals surface area contributed by atoms with Crippen molar-refractivity contribution >= 4 is 23.2 Å². The zero-order chi connectivity index (χ0) is 17.9. The van der Waals surface area contributed by atoms with Crippen LogP contribution >= 0.6 is 0 Å². The molecular weight excluding hydrogens is 304 g/mol. The van der Waals surface area contributed by atoms with E-state index in [-0.39, 0.29) is 0 Å². The number of ether oxygens (including phenoxy) is 1. The molecule has 6 nitrogen and oxygen atoms in total. The zero-order valence-electron chi connectivity index (χ0n) is 15.4. The Bertz CT molecular complexity index is 573. The van der Waals surface area contributed by atoms with Gasteiger partial charge in [-0.2, -0.15) is 0 Å². The summed E-state index contributed by atoms with van der Waals surface area (Å²) in [6.07, 6.45) is -0.490. The maximum Gasteiger partial charge on any atom is 0.412 e. The quantitative estimate of drug-likeness (QED) is 0.831. The van der Waals surface area contributed by atoms with Crippen molar-refractivity contribution in [3.8, 4) is 0 Å². The van der Waals surface area contributed by atoms with E-state index in [0.717, 1.165) is 31.9 Å². The lowest BCUT2D eigenvalue weighted by Crippen LogP contribution is -2.48. The molecule has 6 heteroatoms. The van der Waals surface area contributed by atoms with Gasteiger partial charge in [-0.3, -0.25) is 10.2 Å². The highest BCUT2D eigenvalue weighted by molar-refractivity contribution is 5.90. The molecule has 0 saturated carbocycles. The van der Waals surface area contributed by atoms with Crippen LogP contribution in [-0.4, -0.2) is 48.8 Å². The molecule has 1 aromatic carbocycles. The van der Waals surface area contributed by atoms with E-state index < -0.39 is 11.7 Å².